The van der Waals surface area contributed by atoms with Crippen LogP contribution in [0.1, 0.15) is 19.3 Å². The number of ether oxygens (including phenoxy) is 1. The van der Waals surface area contributed by atoms with Gasteiger partial charge in [0.15, 0.2) is 0 Å². The lowest BCUT2D eigenvalue weighted by atomic mass is 9.95. The van der Waals surface area contributed by atoms with Crippen LogP contribution in [0.5, 0.6) is 0 Å². The summed E-state index contributed by atoms with van der Waals surface area (Å²) in [6.45, 7) is 6.19. The van der Waals surface area contributed by atoms with Gasteiger partial charge >= 0.3 is 0 Å². The largest absolute Gasteiger partial charge is 0.385 e. The number of rotatable bonds is 8. The van der Waals surface area contributed by atoms with E-state index in [1.807, 2.05) is 17.0 Å². The number of amides is 2. The Hall–Kier alpha value is -1.90. The molecule has 2 fully saturated rings. The smallest absolute Gasteiger partial charge is 0.234 e. The average molecular weight is 438 g/mol. The molecule has 3 heterocycles. The first-order valence-electron chi connectivity index (χ1n) is 10.7. The van der Waals surface area contributed by atoms with Crippen molar-refractivity contribution < 1.29 is 14.3 Å². The molecule has 0 bridgehead atoms. The van der Waals surface area contributed by atoms with E-state index in [1.165, 1.54) is 0 Å². The van der Waals surface area contributed by atoms with Crippen molar-refractivity contribution in [3.8, 4) is 0 Å². The monoisotopic (exact) mass is 437 g/mol. The molecule has 2 aliphatic heterocycles. The first kappa shape index (κ1) is 22.8. The third-order valence-electron chi connectivity index (χ3n) is 5.78. The summed E-state index contributed by atoms with van der Waals surface area (Å²) in [6.07, 6.45) is 4.16. The Morgan fingerprint density at radius 2 is 1.90 bits per heavy atom. The van der Waals surface area contributed by atoms with Gasteiger partial charge < -0.3 is 19.9 Å². The van der Waals surface area contributed by atoms with Crippen LogP contribution in [0.4, 0.5) is 5.82 Å². The number of aromatic nitrogens is 1. The highest BCUT2D eigenvalue weighted by molar-refractivity contribution is 6.30. The van der Waals surface area contributed by atoms with Gasteiger partial charge in [-0.3, -0.25) is 14.5 Å². The van der Waals surface area contributed by atoms with Crippen molar-refractivity contribution in [2.24, 2.45) is 5.92 Å². The number of nitrogens with zero attached hydrogens (tertiary/aromatic N) is 4. The average Bonchev–Trinajstić information content (AvgIpc) is 2.77. The molecular weight excluding hydrogens is 406 g/mol. The fraction of sp³-hybridized carbons (Fsp3) is 0.667. The van der Waals surface area contributed by atoms with E-state index in [-0.39, 0.29) is 17.7 Å². The van der Waals surface area contributed by atoms with Crippen molar-refractivity contribution in [1.82, 2.24) is 20.1 Å². The van der Waals surface area contributed by atoms with Crippen LogP contribution in [0.3, 0.4) is 0 Å². The van der Waals surface area contributed by atoms with Gasteiger partial charge in [-0.25, -0.2) is 4.98 Å². The van der Waals surface area contributed by atoms with Crippen LogP contribution in [0.15, 0.2) is 18.3 Å². The van der Waals surface area contributed by atoms with Crippen molar-refractivity contribution in [3.05, 3.63) is 23.4 Å². The van der Waals surface area contributed by atoms with Crippen LogP contribution in [-0.4, -0.2) is 92.7 Å². The van der Waals surface area contributed by atoms with E-state index in [0.717, 1.165) is 51.3 Å². The fourth-order valence-corrected chi connectivity index (χ4v) is 4.11. The molecule has 0 spiro atoms. The predicted octanol–water partition coefficient (Wildman–Crippen LogP) is 1.25. The van der Waals surface area contributed by atoms with E-state index in [9.17, 15) is 9.59 Å². The topological polar surface area (TPSA) is 78.0 Å². The summed E-state index contributed by atoms with van der Waals surface area (Å²) in [5, 5.41) is 3.54. The second-order valence-corrected chi connectivity index (χ2v) is 8.33. The maximum absolute atomic E-state index is 12.9. The quantitative estimate of drug-likeness (QED) is 0.617. The lowest BCUT2D eigenvalue weighted by molar-refractivity contribution is -0.138. The van der Waals surface area contributed by atoms with Crippen molar-refractivity contribution in [1.29, 1.82) is 0 Å². The minimum Gasteiger partial charge on any atom is -0.385 e. The molecule has 2 aliphatic rings. The minimum absolute atomic E-state index is 0.0362. The van der Waals surface area contributed by atoms with E-state index in [4.69, 9.17) is 16.3 Å². The SMILES string of the molecule is COCCCNC(=O)CN1CCN(C(=O)C2CCN(c3ccc(Cl)cn3)CC2)CC1. The molecule has 0 atom stereocenters. The van der Waals surface area contributed by atoms with Gasteiger partial charge in [0, 0.05) is 71.6 Å². The molecule has 1 aromatic rings. The second kappa shape index (κ2) is 11.5. The lowest BCUT2D eigenvalue weighted by Crippen LogP contribution is -2.53. The number of pyridine rings is 1. The van der Waals surface area contributed by atoms with Gasteiger partial charge in [0.25, 0.3) is 0 Å². The summed E-state index contributed by atoms with van der Waals surface area (Å²) < 4.78 is 4.98. The van der Waals surface area contributed by atoms with Gasteiger partial charge in [-0.05, 0) is 31.4 Å². The number of nitrogens with one attached hydrogen (secondary N) is 1. The molecule has 2 amide bonds. The standard InChI is InChI=1S/C21H32ClN5O3/c1-30-14-2-7-23-20(28)16-25-10-12-27(13-11-25)21(29)17-5-8-26(9-6-17)19-4-3-18(22)15-24-19/h3-4,15,17H,2,5-14,16H2,1H3,(H,23,28). The second-order valence-electron chi connectivity index (χ2n) is 7.89. The lowest BCUT2D eigenvalue weighted by Gasteiger charge is -2.38. The Morgan fingerprint density at radius 1 is 1.17 bits per heavy atom. The van der Waals surface area contributed by atoms with Crippen molar-refractivity contribution in [2.45, 2.75) is 19.3 Å². The van der Waals surface area contributed by atoms with Gasteiger partial charge in [-0.15, -0.1) is 0 Å². The van der Waals surface area contributed by atoms with Crippen LogP contribution in [0, 0.1) is 5.92 Å². The van der Waals surface area contributed by atoms with E-state index >= 15 is 0 Å². The third kappa shape index (κ3) is 6.55. The first-order valence-corrected chi connectivity index (χ1v) is 11.1. The van der Waals surface area contributed by atoms with Crippen LogP contribution in [-0.2, 0) is 14.3 Å². The summed E-state index contributed by atoms with van der Waals surface area (Å²) in [6, 6.07) is 3.78. The van der Waals surface area contributed by atoms with Crippen LogP contribution >= 0.6 is 11.6 Å². The van der Waals surface area contributed by atoms with Crippen molar-refractivity contribution in [3.63, 3.8) is 0 Å². The highest BCUT2D eigenvalue weighted by Gasteiger charge is 2.31. The highest BCUT2D eigenvalue weighted by atomic mass is 35.5. The summed E-state index contributed by atoms with van der Waals surface area (Å²) in [4.78, 5) is 35.6. The van der Waals surface area contributed by atoms with E-state index in [2.05, 4.69) is 20.1 Å². The number of hydrogen-bond donors (Lipinski definition) is 1. The number of halogens is 1. The molecule has 1 aromatic heterocycles. The van der Waals surface area contributed by atoms with E-state index in [1.54, 1.807) is 13.3 Å². The summed E-state index contributed by atoms with van der Waals surface area (Å²) >= 11 is 5.91. The molecule has 0 aliphatic carbocycles. The molecular formula is C21H32ClN5O3. The highest BCUT2D eigenvalue weighted by Crippen LogP contribution is 2.24. The number of hydrogen-bond acceptors (Lipinski definition) is 6. The minimum atomic E-state index is 0.0362. The molecule has 0 radical (unpaired) electrons. The number of carbonyl (C=O) groups excluding carboxylic acids is 2. The summed E-state index contributed by atoms with van der Waals surface area (Å²) in [5.74, 6) is 1.28. The molecule has 0 unspecified atom stereocenters. The van der Waals surface area contributed by atoms with Crippen molar-refractivity contribution in [2.75, 3.05) is 71.0 Å². The Balaban J connectivity index is 1.36. The van der Waals surface area contributed by atoms with E-state index < -0.39 is 0 Å². The van der Waals surface area contributed by atoms with Gasteiger partial charge in [-0.1, -0.05) is 11.6 Å². The first-order chi connectivity index (χ1) is 14.6. The normalized spacial score (nSPS) is 18.5. The fourth-order valence-electron chi connectivity index (χ4n) is 4.00. The molecule has 2 saturated heterocycles. The van der Waals surface area contributed by atoms with Gasteiger partial charge in [0.05, 0.1) is 11.6 Å². The Morgan fingerprint density at radius 3 is 2.53 bits per heavy atom. The molecule has 1 N–H and O–H groups in total. The zero-order valence-electron chi connectivity index (χ0n) is 17.7. The zero-order valence-corrected chi connectivity index (χ0v) is 18.4. The molecule has 9 heteroatoms. The number of carbonyl (C=O) groups is 2. The third-order valence-corrected chi connectivity index (χ3v) is 6.00. The zero-order chi connectivity index (χ0) is 21.3. The molecule has 0 saturated carbocycles. The molecule has 30 heavy (non-hydrogen) atoms. The van der Waals surface area contributed by atoms with Gasteiger partial charge in [-0.2, -0.15) is 0 Å². The number of piperidine rings is 1. The van der Waals surface area contributed by atoms with Gasteiger partial charge in [0.2, 0.25) is 11.8 Å². The van der Waals surface area contributed by atoms with Gasteiger partial charge in [0.1, 0.15) is 5.82 Å². The number of piperazine rings is 1. The molecule has 0 aromatic carbocycles. The maximum Gasteiger partial charge on any atom is 0.234 e. The Bertz CT molecular complexity index is 686. The van der Waals surface area contributed by atoms with Crippen molar-refractivity contribution >= 4 is 29.2 Å². The van der Waals surface area contributed by atoms with Crippen LogP contribution in [0.2, 0.25) is 5.02 Å². The van der Waals surface area contributed by atoms with E-state index in [0.29, 0.717) is 37.8 Å². The summed E-state index contributed by atoms with van der Waals surface area (Å²) in [5.41, 5.74) is 0. The molecule has 8 nitrogen and oxygen atoms in total. The van der Waals surface area contributed by atoms with Crippen LogP contribution < -0.4 is 10.2 Å². The Labute approximate surface area is 183 Å². The molecule has 3 rings (SSSR count). The number of anilines is 1. The molecule has 166 valence electrons. The maximum atomic E-state index is 12.9. The summed E-state index contributed by atoms with van der Waals surface area (Å²) in [7, 11) is 1.66. The predicted molar refractivity (Wildman–Crippen MR) is 117 cm³/mol. The Kier molecular flexibility index (Phi) is 8.72. The number of methoxy groups -OCH3 is 1. The van der Waals surface area contributed by atoms with Crippen LogP contribution in [0.25, 0.3) is 0 Å².